The lowest BCUT2D eigenvalue weighted by atomic mass is 10.2. The normalized spacial score (nSPS) is 12.2. The molecule has 0 aliphatic carbocycles. The van der Waals surface area contributed by atoms with E-state index in [-0.39, 0.29) is 12.0 Å². The lowest BCUT2D eigenvalue weighted by Crippen LogP contribution is -2.29. The third-order valence-corrected chi connectivity index (χ3v) is 2.51. The molecule has 1 aromatic heterocycles. The first-order valence-electron chi connectivity index (χ1n) is 5.93. The molecule has 1 atom stereocenters. The molecule has 0 saturated carbocycles. The topological polar surface area (TPSA) is 51.2 Å². The molecule has 17 heavy (non-hydrogen) atoms. The highest BCUT2D eigenvalue weighted by Gasteiger charge is 2.09. The maximum absolute atomic E-state index is 11.3. The highest BCUT2D eigenvalue weighted by molar-refractivity contribution is 5.69. The third-order valence-electron chi connectivity index (χ3n) is 2.51. The number of esters is 1. The summed E-state index contributed by atoms with van der Waals surface area (Å²) in [6.07, 6.45) is 2.17. The first-order valence-corrected chi connectivity index (χ1v) is 5.93. The summed E-state index contributed by atoms with van der Waals surface area (Å²) in [6, 6.07) is 4.04. The number of carbonyl (C=O) groups is 1. The zero-order valence-electron chi connectivity index (χ0n) is 10.7. The Labute approximate surface area is 102 Å². The van der Waals surface area contributed by atoms with Gasteiger partial charge in [0.25, 0.3) is 0 Å². The highest BCUT2D eigenvalue weighted by Crippen LogP contribution is 2.03. The van der Waals surface area contributed by atoms with E-state index in [2.05, 4.69) is 10.3 Å². The van der Waals surface area contributed by atoms with Crippen molar-refractivity contribution < 1.29 is 9.53 Å². The second-order valence-electron chi connectivity index (χ2n) is 4.06. The number of hydrogen-bond donors (Lipinski definition) is 1. The number of hydrogen-bond acceptors (Lipinski definition) is 4. The number of aromatic nitrogens is 1. The molecule has 1 N–H and O–H groups in total. The predicted molar refractivity (Wildman–Crippen MR) is 66.5 cm³/mol. The minimum Gasteiger partial charge on any atom is -0.466 e. The van der Waals surface area contributed by atoms with Gasteiger partial charge < -0.3 is 10.1 Å². The first kappa shape index (κ1) is 13.6. The van der Waals surface area contributed by atoms with Gasteiger partial charge in [-0.3, -0.25) is 9.78 Å². The highest BCUT2D eigenvalue weighted by atomic mass is 16.5. The summed E-state index contributed by atoms with van der Waals surface area (Å²) in [7, 11) is 0. The van der Waals surface area contributed by atoms with Crippen LogP contribution in [-0.4, -0.2) is 23.6 Å². The molecule has 1 aromatic rings. The molecule has 4 nitrogen and oxygen atoms in total. The van der Waals surface area contributed by atoms with Crippen molar-refractivity contribution in [1.29, 1.82) is 0 Å². The van der Waals surface area contributed by atoms with Crippen molar-refractivity contribution in [3.63, 3.8) is 0 Å². The number of carbonyl (C=O) groups excluding carboxylic acids is 1. The van der Waals surface area contributed by atoms with E-state index in [4.69, 9.17) is 4.74 Å². The van der Waals surface area contributed by atoms with Crippen molar-refractivity contribution in [3.8, 4) is 0 Å². The van der Waals surface area contributed by atoms with Crippen molar-refractivity contribution in [3.05, 3.63) is 29.6 Å². The van der Waals surface area contributed by atoms with E-state index in [1.165, 1.54) is 0 Å². The Hall–Kier alpha value is -1.42. The monoisotopic (exact) mass is 236 g/mol. The molecule has 0 saturated heterocycles. The summed E-state index contributed by atoms with van der Waals surface area (Å²) in [6.45, 7) is 6.92. The summed E-state index contributed by atoms with van der Waals surface area (Å²) in [5, 5.41) is 3.27. The Morgan fingerprint density at radius 1 is 1.59 bits per heavy atom. The summed E-state index contributed by atoms with van der Waals surface area (Å²) >= 11 is 0. The summed E-state index contributed by atoms with van der Waals surface area (Å²) in [5.74, 6) is -0.162. The van der Waals surface area contributed by atoms with Crippen LogP contribution in [0, 0.1) is 6.92 Å². The van der Waals surface area contributed by atoms with E-state index >= 15 is 0 Å². The van der Waals surface area contributed by atoms with Gasteiger partial charge in [0.15, 0.2) is 0 Å². The minimum absolute atomic E-state index is 0.0930. The van der Waals surface area contributed by atoms with Gasteiger partial charge in [-0.25, -0.2) is 0 Å². The van der Waals surface area contributed by atoms with Crippen molar-refractivity contribution in [2.45, 2.75) is 39.8 Å². The van der Waals surface area contributed by atoms with Crippen molar-refractivity contribution in [1.82, 2.24) is 10.3 Å². The van der Waals surface area contributed by atoms with Crippen LogP contribution < -0.4 is 5.32 Å². The molecule has 0 radical (unpaired) electrons. The fourth-order valence-corrected chi connectivity index (χ4v) is 1.52. The zero-order valence-corrected chi connectivity index (χ0v) is 10.7. The van der Waals surface area contributed by atoms with Gasteiger partial charge in [-0.05, 0) is 32.4 Å². The average Bonchev–Trinajstić information content (AvgIpc) is 2.28. The quantitative estimate of drug-likeness (QED) is 0.765. The lowest BCUT2D eigenvalue weighted by Gasteiger charge is -2.13. The largest absolute Gasteiger partial charge is 0.466 e. The Kier molecular flexibility index (Phi) is 5.63. The molecule has 0 amide bonds. The molecular formula is C13H20N2O2. The molecule has 0 spiro atoms. The predicted octanol–water partition coefficient (Wildman–Crippen LogP) is 1.82. The van der Waals surface area contributed by atoms with Crippen LogP contribution in [0.15, 0.2) is 18.3 Å². The number of pyridine rings is 1. The Bertz CT molecular complexity index is 366. The van der Waals surface area contributed by atoms with Gasteiger partial charge in [-0.15, -0.1) is 0 Å². The summed E-state index contributed by atoms with van der Waals surface area (Å²) in [4.78, 5) is 15.5. The Morgan fingerprint density at radius 2 is 2.35 bits per heavy atom. The van der Waals surface area contributed by atoms with Crippen molar-refractivity contribution >= 4 is 5.97 Å². The Balaban J connectivity index is 2.35. The van der Waals surface area contributed by atoms with E-state index in [1.54, 1.807) is 6.20 Å². The van der Waals surface area contributed by atoms with Crippen LogP contribution in [-0.2, 0) is 16.1 Å². The molecule has 1 heterocycles. The van der Waals surface area contributed by atoms with Crippen LogP contribution in [0.1, 0.15) is 31.5 Å². The molecule has 0 bridgehead atoms. The number of nitrogens with zero attached hydrogens (tertiary/aromatic N) is 1. The molecule has 1 rings (SSSR count). The van der Waals surface area contributed by atoms with Crippen LogP contribution in [0.3, 0.4) is 0 Å². The number of rotatable bonds is 6. The molecule has 1 unspecified atom stereocenters. The summed E-state index contributed by atoms with van der Waals surface area (Å²) < 4.78 is 4.89. The van der Waals surface area contributed by atoms with E-state index in [9.17, 15) is 4.79 Å². The molecule has 0 fully saturated rings. The first-order chi connectivity index (χ1) is 8.13. The second kappa shape index (κ2) is 7.01. The van der Waals surface area contributed by atoms with Gasteiger partial charge in [-0.2, -0.15) is 0 Å². The van der Waals surface area contributed by atoms with Gasteiger partial charge in [-0.1, -0.05) is 6.07 Å². The summed E-state index contributed by atoms with van der Waals surface area (Å²) in [5.41, 5.74) is 2.17. The van der Waals surface area contributed by atoms with Crippen LogP contribution in [0.5, 0.6) is 0 Å². The van der Waals surface area contributed by atoms with Gasteiger partial charge in [0.05, 0.1) is 18.7 Å². The van der Waals surface area contributed by atoms with Crippen LogP contribution in [0.4, 0.5) is 0 Å². The van der Waals surface area contributed by atoms with E-state index in [0.29, 0.717) is 19.6 Å². The number of ether oxygens (including phenoxy) is 1. The molecule has 94 valence electrons. The van der Waals surface area contributed by atoms with Crippen LogP contribution >= 0.6 is 0 Å². The smallest absolute Gasteiger partial charge is 0.307 e. The lowest BCUT2D eigenvalue weighted by molar-refractivity contribution is -0.143. The van der Waals surface area contributed by atoms with Gasteiger partial charge >= 0.3 is 5.97 Å². The SMILES string of the molecule is CCOC(=O)CC(C)NCc1ncccc1C. The van der Waals surface area contributed by atoms with Crippen molar-refractivity contribution in [2.24, 2.45) is 0 Å². The molecule has 0 aromatic carbocycles. The fraction of sp³-hybridized carbons (Fsp3) is 0.538. The molecular weight excluding hydrogens is 216 g/mol. The van der Waals surface area contributed by atoms with Gasteiger partial charge in [0.2, 0.25) is 0 Å². The standard InChI is InChI=1S/C13H20N2O2/c1-4-17-13(16)8-11(3)15-9-12-10(2)6-5-7-14-12/h5-7,11,15H,4,8-9H2,1-3H3. The number of aryl methyl sites for hydroxylation is 1. The molecule has 4 heteroatoms. The minimum atomic E-state index is -0.162. The van der Waals surface area contributed by atoms with Crippen molar-refractivity contribution in [2.75, 3.05) is 6.61 Å². The van der Waals surface area contributed by atoms with E-state index in [0.717, 1.165) is 11.3 Å². The third kappa shape index (κ3) is 4.95. The average molecular weight is 236 g/mol. The fourth-order valence-electron chi connectivity index (χ4n) is 1.52. The maximum atomic E-state index is 11.3. The van der Waals surface area contributed by atoms with Crippen LogP contribution in [0.25, 0.3) is 0 Å². The maximum Gasteiger partial charge on any atom is 0.307 e. The van der Waals surface area contributed by atoms with E-state index in [1.807, 2.05) is 32.9 Å². The molecule has 0 aliphatic rings. The second-order valence-corrected chi connectivity index (χ2v) is 4.06. The molecule has 0 aliphatic heterocycles. The number of nitrogens with one attached hydrogen (secondary N) is 1. The van der Waals surface area contributed by atoms with Gasteiger partial charge in [0, 0.05) is 18.8 Å². The van der Waals surface area contributed by atoms with E-state index < -0.39 is 0 Å². The van der Waals surface area contributed by atoms with Crippen LogP contribution in [0.2, 0.25) is 0 Å². The zero-order chi connectivity index (χ0) is 12.7. The Morgan fingerprint density at radius 3 is 3.00 bits per heavy atom. The van der Waals surface area contributed by atoms with Gasteiger partial charge in [0.1, 0.15) is 0 Å².